The molecule has 0 radical (unpaired) electrons. The second-order valence-electron chi connectivity index (χ2n) is 7.27. The Labute approximate surface area is 175 Å². The number of fused-ring (bicyclic) bond motifs is 1. The Morgan fingerprint density at radius 1 is 1.10 bits per heavy atom. The molecule has 0 N–H and O–H groups in total. The maximum atomic E-state index is 14.6. The molecule has 0 bridgehead atoms. The summed E-state index contributed by atoms with van der Waals surface area (Å²) in [6.07, 6.45) is -2.86. The van der Waals surface area contributed by atoms with Gasteiger partial charge in [0.25, 0.3) is 5.89 Å². The number of benzene rings is 2. The smallest absolute Gasteiger partial charge is 0.314 e. The zero-order valence-electron chi connectivity index (χ0n) is 16.6. The van der Waals surface area contributed by atoms with Crippen molar-refractivity contribution in [2.75, 3.05) is 11.9 Å². The maximum Gasteiger partial charge on any atom is 0.314 e. The zero-order valence-corrected chi connectivity index (χ0v) is 17.4. The number of aromatic nitrogens is 3. The van der Waals surface area contributed by atoms with Crippen LogP contribution < -0.4 is 4.90 Å². The summed E-state index contributed by atoms with van der Waals surface area (Å²) in [5.74, 6) is -1.03. The van der Waals surface area contributed by atoms with Crippen LogP contribution in [0, 0.1) is 5.82 Å². The van der Waals surface area contributed by atoms with E-state index < -0.39 is 18.1 Å². The average Bonchev–Trinajstić information content (AvgIpc) is 3.36. The lowest BCUT2D eigenvalue weighted by Crippen LogP contribution is -2.17. The number of nitrogens with zero attached hydrogens (tertiary/aromatic N) is 4. The largest absolute Gasteiger partial charge is 0.415 e. The Bertz CT molecular complexity index is 1190. The maximum absolute atomic E-state index is 14.6. The van der Waals surface area contributed by atoms with Gasteiger partial charge in [0.2, 0.25) is 5.89 Å². The number of thiazole rings is 1. The van der Waals surface area contributed by atoms with E-state index in [4.69, 9.17) is 4.42 Å². The van der Waals surface area contributed by atoms with E-state index >= 15 is 0 Å². The van der Waals surface area contributed by atoms with Gasteiger partial charge >= 0.3 is 6.43 Å². The summed E-state index contributed by atoms with van der Waals surface area (Å²) in [5, 5.41) is 7.91. The van der Waals surface area contributed by atoms with E-state index in [1.54, 1.807) is 23.5 Å². The van der Waals surface area contributed by atoms with Crippen LogP contribution in [0.3, 0.4) is 0 Å². The monoisotopic (exact) mass is 432 g/mol. The Balaban J connectivity index is 1.54. The van der Waals surface area contributed by atoms with Crippen molar-refractivity contribution in [2.24, 2.45) is 0 Å². The first-order valence-corrected chi connectivity index (χ1v) is 10.2. The molecule has 0 saturated heterocycles. The molecule has 4 rings (SSSR count). The quantitative estimate of drug-likeness (QED) is 0.364. The van der Waals surface area contributed by atoms with Crippen LogP contribution in [0.2, 0.25) is 0 Å². The van der Waals surface area contributed by atoms with Gasteiger partial charge in [-0.25, -0.2) is 9.37 Å². The van der Waals surface area contributed by atoms with Gasteiger partial charge in [0, 0.05) is 36.3 Å². The first-order chi connectivity index (χ1) is 14.3. The lowest BCUT2D eigenvalue weighted by atomic mass is 10.1. The summed E-state index contributed by atoms with van der Waals surface area (Å²) in [4.78, 5) is 6.57. The third-order valence-electron chi connectivity index (χ3n) is 4.66. The molecule has 2 aromatic heterocycles. The van der Waals surface area contributed by atoms with Crippen LogP contribution in [0.4, 0.5) is 18.9 Å². The summed E-state index contributed by atoms with van der Waals surface area (Å²) < 4.78 is 45.8. The molecule has 2 heterocycles. The third kappa shape index (κ3) is 4.02. The van der Waals surface area contributed by atoms with Crippen molar-refractivity contribution in [2.45, 2.75) is 32.7 Å². The van der Waals surface area contributed by atoms with Gasteiger partial charge in [-0.3, -0.25) is 0 Å². The molecule has 0 amide bonds. The summed E-state index contributed by atoms with van der Waals surface area (Å²) in [6.45, 7) is 4.55. The first-order valence-electron chi connectivity index (χ1n) is 9.34. The molecular formula is C21H19F3N4OS. The number of halogens is 3. The van der Waals surface area contributed by atoms with Crippen molar-refractivity contribution in [1.29, 1.82) is 0 Å². The van der Waals surface area contributed by atoms with E-state index in [-0.39, 0.29) is 11.5 Å². The number of alkyl halides is 2. The van der Waals surface area contributed by atoms with E-state index in [1.165, 1.54) is 6.07 Å². The summed E-state index contributed by atoms with van der Waals surface area (Å²) in [6, 6.07) is 10.4. The normalized spacial score (nSPS) is 11.7. The van der Waals surface area contributed by atoms with Gasteiger partial charge in [0.15, 0.2) is 0 Å². The van der Waals surface area contributed by atoms with E-state index in [2.05, 4.69) is 35.1 Å². The number of anilines is 1. The molecule has 30 heavy (non-hydrogen) atoms. The van der Waals surface area contributed by atoms with Gasteiger partial charge < -0.3 is 9.32 Å². The highest BCUT2D eigenvalue weighted by molar-refractivity contribution is 7.18. The van der Waals surface area contributed by atoms with Crippen LogP contribution in [0.15, 0.2) is 40.8 Å². The minimum atomic E-state index is -2.86. The second-order valence-corrected chi connectivity index (χ2v) is 8.33. The molecule has 0 saturated carbocycles. The Hall–Kier alpha value is -2.94. The summed E-state index contributed by atoms with van der Waals surface area (Å²) in [7, 11) is 1.88. The highest BCUT2D eigenvalue weighted by Crippen LogP contribution is 2.31. The second kappa shape index (κ2) is 8.06. The predicted octanol–water partition coefficient (Wildman–Crippen LogP) is 6.18. The fourth-order valence-corrected chi connectivity index (χ4v) is 4.01. The molecule has 5 nitrogen and oxygen atoms in total. The standard InChI is InChI=1S/C21H19F3N4OS/c1-11(2)21-25-16-7-6-14(9-17(16)30-21)28(3)10-13-5-4-12(8-15(13)22)19-26-27-20(29-19)18(23)24/h4-9,11,18H,10H2,1-3H3. The molecule has 156 valence electrons. The van der Waals surface area contributed by atoms with E-state index in [1.807, 2.05) is 24.1 Å². The minimum Gasteiger partial charge on any atom is -0.415 e. The number of hydrogen-bond donors (Lipinski definition) is 0. The minimum absolute atomic E-state index is 0.138. The van der Waals surface area contributed by atoms with Gasteiger partial charge in [-0.1, -0.05) is 19.9 Å². The van der Waals surface area contributed by atoms with Crippen molar-refractivity contribution in [3.63, 3.8) is 0 Å². The van der Waals surface area contributed by atoms with E-state index in [9.17, 15) is 13.2 Å². The lowest BCUT2D eigenvalue weighted by molar-refractivity contribution is 0.116. The molecule has 0 aliphatic heterocycles. The third-order valence-corrected chi connectivity index (χ3v) is 5.98. The molecule has 0 unspecified atom stereocenters. The molecule has 9 heteroatoms. The van der Waals surface area contributed by atoms with Crippen molar-refractivity contribution >= 4 is 27.2 Å². The Morgan fingerprint density at radius 2 is 1.90 bits per heavy atom. The van der Waals surface area contributed by atoms with Crippen LogP contribution in [0.1, 0.15) is 42.7 Å². The van der Waals surface area contributed by atoms with Crippen LogP contribution in [-0.4, -0.2) is 22.2 Å². The van der Waals surface area contributed by atoms with Crippen LogP contribution >= 0.6 is 11.3 Å². The van der Waals surface area contributed by atoms with Crippen LogP contribution in [0.25, 0.3) is 21.7 Å². The fraction of sp³-hybridized carbons (Fsp3) is 0.286. The van der Waals surface area contributed by atoms with E-state index in [0.717, 1.165) is 20.9 Å². The number of hydrogen-bond acceptors (Lipinski definition) is 6. The Kier molecular flexibility index (Phi) is 5.46. The highest BCUT2D eigenvalue weighted by Gasteiger charge is 2.18. The fourth-order valence-electron chi connectivity index (χ4n) is 3.01. The van der Waals surface area contributed by atoms with Crippen molar-refractivity contribution < 1.29 is 17.6 Å². The van der Waals surface area contributed by atoms with Crippen molar-refractivity contribution in [1.82, 2.24) is 15.2 Å². The van der Waals surface area contributed by atoms with Crippen molar-refractivity contribution in [3.05, 3.63) is 58.7 Å². The molecule has 2 aromatic carbocycles. The highest BCUT2D eigenvalue weighted by atomic mass is 32.1. The van der Waals surface area contributed by atoms with Gasteiger partial charge in [0.1, 0.15) is 5.82 Å². The zero-order chi connectivity index (χ0) is 21.4. The van der Waals surface area contributed by atoms with Gasteiger partial charge in [-0.2, -0.15) is 8.78 Å². The molecule has 4 aromatic rings. The molecular weight excluding hydrogens is 413 g/mol. The van der Waals surface area contributed by atoms with Crippen LogP contribution in [-0.2, 0) is 6.54 Å². The topological polar surface area (TPSA) is 55.1 Å². The molecule has 0 fully saturated rings. The van der Waals surface area contributed by atoms with Crippen LogP contribution in [0.5, 0.6) is 0 Å². The summed E-state index contributed by atoms with van der Waals surface area (Å²) >= 11 is 1.66. The van der Waals surface area contributed by atoms with Gasteiger partial charge in [-0.05, 0) is 30.3 Å². The lowest BCUT2D eigenvalue weighted by Gasteiger charge is -2.20. The van der Waals surface area contributed by atoms with Gasteiger partial charge in [-0.15, -0.1) is 21.5 Å². The van der Waals surface area contributed by atoms with Gasteiger partial charge in [0.05, 0.1) is 15.2 Å². The molecule has 0 aliphatic rings. The predicted molar refractivity (Wildman–Crippen MR) is 110 cm³/mol. The molecule has 0 atom stereocenters. The Morgan fingerprint density at radius 3 is 2.57 bits per heavy atom. The SMILES string of the molecule is CC(C)c1nc2ccc(N(C)Cc3ccc(-c4nnc(C(F)F)o4)cc3F)cc2s1. The first kappa shape index (κ1) is 20.3. The van der Waals surface area contributed by atoms with E-state index in [0.29, 0.717) is 18.0 Å². The average molecular weight is 432 g/mol. The molecule has 0 spiro atoms. The molecule has 0 aliphatic carbocycles. The summed E-state index contributed by atoms with van der Waals surface area (Å²) in [5.41, 5.74) is 2.62. The van der Waals surface area contributed by atoms with Crippen molar-refractivity contribution in [3.8, 4) is 11.5 Å². The number of rotatable bonds is 6.